The van der Waals surface area contributed by atoms with Crippen molar-refractivity contribution < 1.29 is 45.1 Å². The fourth-order valence-electron chi connectivity index (χ4n) is 0.0278. The predicted molar refractivity (Wildman–Crippen MR) is 14.1 cm³/mol. The second-order valence-corrected chi connectivity index (χ2v) is 2.77. The fraction of sp³-hybridized carbons (Fsp3) is 0. The minimum absolute atomic E-state index is 0.247. The van der Waals surface area contributed by atoms with E-state index >= 15 is 0 Å². The van der Waals surface area contributed by atoms with Crippen molar-refractivity contribution in [3.63, 3.8) is 0 Å². The molecule has 0 aliphatic rings. The van der Waals surface area contributed by atoms with Crippen LogP contribution in [0.1, 0.15) is 0 Å². The summed E-state index contributed by atoms with van der Waals surface area (Å²) in [7, 11) is 4.42. The molecule has 0 unspecified atom stereocenters. The third-order valence-corrected chi connectivity index (χ3v) is 2.00. The van der Waals surface area contributed by atoms with Crippen LogP contribution >= 0.6 is 9.82 Å². The summed E-state index contributed by atoms with van der Waals surface area (Å²) in [5.41, 5.74) is 0. The van der Waals surface area contributed by atoms with Gasteiger partial charge < -0.3 is 0 Å². The van der Waals surface area contributed by atoms with Gasteiger partial charge in [0.15, 0.2) is 0 Å². The number of rotatable bonds is 1. The van der Waals surface area contributed by atoms with Gasteiger partial charge in [0.25, 0.3) is 0 Å². The molecule has 6 heavy (non-hydrogen) atoms. The molecule has 2 nitrogen and oxygen atoms in total. The van der Waals surface area contributed by atoms with E-state index in [1.807, 2.05) is 0 Å². The van der Waals surface area contributed by atoms with E-state index in [1.165, 1.54) is 19.8 Å². The molecule has 0 atom stereocenters. The first-order valence-electron chi connectivity index (χ1n) is 0.946. The molecular weight excluding hydrogens is 268 g/mol. The van der Waals surface area contributed by atoms with E-state index in [0.29, 0.717) is 0 Å². The maximum atomic E-state index is 9.79. The van der Waals surface area contributed by atoms with E-state index in [2.05, 4.69) is 13.2 Å². The number of carbonyl (C=O) groups excluding carboxylic acids is 1. The van der Waals surface area contributed by atoms with Crippen LogP contribution in [0.2, 0.25) is 0 Å². The van der Waals surface area contributed by atoms with Crippen molar-refractivity contribution in [2.75, 3.05) is 0 Å². The monoisotopic (exact) mass is 272 g/mol. The first kappa shape index (κ1) is 7.07. The van der Waals surface area contributed by atoms with E-state index in [4.69, 9.17) is 0 Å². The summed E-state index contributed by atoms with van der Waals surface area (Å²) < 4.78 is 4.11. The average molecular weight is 268 g/mol. The zero-order chi connectivity index (χ0) is 4.99. The summed E-state index contributed by atoms with van der Waals surface area (Å²) in [6, 6.07) is 0. The van der Waals surface area contributed by atoms with Crippen LogP contribution in [0.5, 0.6) is 0 Å². The second kappa shape index (κ2) is 4.23. The Balaban J connectivity index is 3.05. The summed E-state index contributed by atoms with van der Waals surface area (Å²) in [5, 5.41) is 0. The molecule has 34 valence electrons. The summed E-state index contributed by atoms with van der Waals surface area (Å²) >= 11 is 0.460. The zero-order valence-electron chi connectivity index (χ0n) is 2.54. The van der Waals surface area contributed by atoms with Gasteiger partial charge in [0.1, 0.15) is 0 Å². The SMILES string of the molecule is O=[C]([Mo])[O][Mo]=[S]. The van der Waals surface area contributed by atoms with Crippen molar-refractivity contribution in [1.29, 1.82) is 0 Å². The van der Waals surface area contributed by atoms with Crippen LogP contribution in [0.3, 0.4) is 0 Å². The van der Waals surface area contributed by atoms with Gasteiger partial charge in [-0.1, -0.05) is 0 Å². The average Bonchev–Trinajstić information content (AvgIpc) is 1.35. The molecule has 0 spiro atoms. The number of carbonyl (C=O) groups is 1. The Labute approximate surface area is 59.0 Å². The molecule has 0 radical (unpaired) electrons. The van der Waals surface area contributed by atoms with Gasteiger partial charge in [-0.15, -0.1) is 0 Å². The first-order valence-corrected chi connectivity index (χ1v) is 5.56. The third-order valence-electron chi connectivity index (χ3n) is 0.102. The fourth-order valence-corrected chi connectivity index (χ4v) is 1.70. The Morgan fingerprint density at radius 3 is 2.50 bits per heavy atom. The van der Waals surface area contributed by atoms with Crippen LogP contribution in [-0.4, -0.2) is 4.36 Å². The minimum atomic E-state index is -0.835. The molecule has 0 saturated heterocycles. The summed E-state index contributed by atoms with van der Waals surface area (Å²) in [6.45, 7) is 0. The topological polar surface area (TPSA) is 26.3 Å². The molecule has 0 amide bonds. The van der Waals surface area contributed by atoms with Crippen molar-refractivity contribution in [2.45, 2.75) is 0 Å². The van der Waals surface area contributed by atoms with Crippen molar-refractivity contribution in [3.8, 4) is 0 Å². The Morgan fingerprint density at radius 1 is 2.00 bits per heavy atom. The molecule has 0 aliphatic heterocycles. The Morgan fingerprint density at radius 2 is 2.50 bits per heavy atom. The van der Waals surface area contributed by atoms with Gasteiger partial charge in [0.2, 0.25) is 0 Å². The van der Waals surface area contributed by atoms with Gasteiger partial charge in [-0.2, -0.15) is 0 Å². The van der Waals surface area contributed by atoms with Crippen molar-refractivity contribution in [2.24, 2.45) is 0 Å². The second-order valence-electron chi connectivity index (χ2n) is 0.401. The summed E-state index contributed by atoms with van der Waals surface area (Å²) in [4.78, 5) is 9.79. The maximum absolute atomic E-state index is 9.79. The first-order chi connectivity index (χ1) is 2.77. The van der Waals surface area contributed by atoms with Gasteiger partial charge in [-0.3, -0.25) is 0 Å². The number of hydrogen-bond acceptors (Lipinski definition) is 3. The molecule has 0 heterocycles. The predicted octanol–water partition coefficient (Wildman–Crippen LogP) is 0.780. The van der Waals surface area contributed by atoms with Crippen LogP contribution in [0.15, 0.2) is 0 Å². The molecule has 0 aromatic heterocycles. The van der Waals surface area contributed by atoms with Crippen LogP contribution < -0.4 is 0 Å². The van der Waals surface area contributed by atoms with Crippen molar-refractivity contribution >= 4 is 14.2 Å². The van der Waals surface area contributed by atoms with E-state index in [-0.39, 0.29) is 4.36 Å². The molecule has 0 fully saturated rings. The number of hydrogen-bond donors (Lipinski definition) is 0. The van der Waals surface area contributed by atoms with Gasteiger partial charge >= 0.3 is 59.3 Å². The summed E-state index contributed by atoms with van der Waals surface area (Å²) in [6.07, 6.45) is 0. The summed E-state index contributed by atoms with van der Waals surface area (Å²) in [5.74, 6) is 0. The third kappa shape index (κ3) is 5.07. The van der Waals surface area contributed by atoms with E-state index in [0.717, 1.165) is 0 Å². The molecule has 0 aliphatic carbocycles. The molecule has 0 aromatic rings. The van der Waals surface area contributed by atoms with E-state index in [1.54, 1.807) is 0 Å². The molecule has 5 heteroatoms. The van der Waals surface area contributed by atoms with Crippen LogP contribution in [0.25, 0.3) is 0 Å². The Hall–Kier alpha value is 1.07. The van der Waals surface area contributed by atoms with Gasteiger partial charge in [-0.25, -0.2) is 0 Å². The quantitative estimate of drug-likeness (QED) is 0.657. The molecule has 0 bridgehead atoms. The molecule has 0 saturated carbocycles. The molecule has 0 rings (SSSR count). The van der Waals surface area contributed by atoms with Crippen molar-refractivity contribution in [1.82, 2.24) is 0 Å². The van der Waals surface area contributed by atoms with Gasteiger partial charge in [-0.05, 0) is 0 Å². The van der Waals surface area contributed by atoms with Crippen molar-refractivity contribution in [3.05, 3.63) is 0 Å². The zero-order valence-corrected chi connectivity index (χ0v) is 7.37. The van der Waals surface area contributed by atoms with Gasteiger partial charge in [0, 0.05) is 0 Å². The Kier molecular flexibility index (Phi) is 4.98. The van der Waals surface area contributed by atoms with Crippen LogP contribution in [-0.2, 0) is 40.3 Å². The van der Waals surface area contributed by atoms with E-state index < -0.39 is 17.1 Å². The van der Waals surface area contributed by atoms with Crippen LogP contribution in [0.4, 0.5) is 4.79 Å². The van der Waals surface area contributed by atoms with Crippen LogP contribution in [0, 0.1) is 0 Å². The van der Waals surface area contributed by atoms with Gasteiger partial charge in [0.05, 0.1) is 0 Å². The molecule has 0 N–H and O–H groups in total. The molecular formula is CMo2O2S. The standard InChI is InChI=1S/CO2.2Mo.S/c2-1-3;;;/q-1;;+1;. The Bertz CT molecular complexity index is 71.9. The normalized spacial score (nSPS) is 6.67. The van der Waals surface area contributed by atoms with E-state index in [9.17, 15) is 4.79 Å². The molecule has 0 aromatic carbocycles.